The number of aliphatic imine (C=N–C) groups is 1. The SMILES string of the molecule is CCNC(=NCCSC)N1CCC(CN(CC)C(=O)OC(C)(C)C)CC1.I. The minimum atomic E-state index is -0.443. The Balaban J connectivity index is 0.00000676. The van der Waals surface area contributed by atoms with Crippen LogP contribution in [0.15, 0.2) is 4.99 Å². The molecule has 27 heavy (non-hydrogen) atoms. The Morgan fingerprint density at radius 2 is 1.93 bits per heavy atom. The predicted molar refractivity (Wildman–Crippen MR) is 128 cm³/mol. The number of halogens is 1. The number of likely N-dealkylation sites (tertiary alicyclic amines) is 1. The molecule has 8 heteroatoms. The van der Waals surface area contributed by atoms with Gasteiger partial charge < -0.3 is 19.9 Å². The van der Waals surface area contributed by atoms with Crippen LogP contribution in [0.2, 0.25) is 0 Å². The second kappa shape index (κ2) is 13.7. The second-order valence-electron chi connectivity index (χ2n) is 7.68. The number of rotatable bonds is 7. The summed E-state index contributed by atoms with van der Waals surface area (Å²) in [4.78, 5) is 21.2. The fourth-order valence-corrected chi connectivity index (χ4v) is 3.24. The van der Waals surface area contributed by atoms with Gasteiger partial charge in [0, 0.05) is 38.5 Å². The topological polar surface area (TPSA) is 57.2 Å². The fraction of sp³-hybridized carbons (Fsp3) is 0.895. The van der Waals surface area contributed by atoms with E-state index in [4.69, 9.17) is 9.73 Å². The molecular weight excluding hydrogens is 475 g/mol. The number of nitrogens with zero attached hydrogens (tertiary/aromatic N) is 3. The molecule has 6 nitrogen and oxygen atoms in total. The zero-order valence-corrected chi connectivity index (χ0v) is 21.1. The first-order valence-electron chi connectivity index (χ1n) is 9.80. The summed E-state index contributed by atoms with van der Waals surface area (Å²) in [6, 6.07) is 0. The van der Waals surface area contributed by atoms with Gasteiger partial charge in [0.05, 0.1) is 6.54 Å². The molecule has 1 fully saturated rings. The summed E-state index contributed by atoms with van der Waals surface area (Å²) in [6.45, 7) is 15.0. The van der Waals surface area contributed by atoms with E-state index in [9.17, 15) is 4.79 Å². The van der Waals surface area contributed by atoms with Crippen molar-refractivity contribution in [1.82, 2.24) is 15.1 Å². The highest BCUT2D eigenvalue weighted by atomic mass is 127. The van der Waals surface area contributed by atoms with Gasteiger partial charge in [0.1, 0.15) is 5.60 Å². The van der Waals surface area contributed by atoms with Crippen molar-refractivity contribution in [2.24, 2.45) is 10.9 Å². The molecule has 0 spiro atoms. The van der Waals surface area contributed by atoms with Gasteiger partial charge in [-0.3, -0.25) is 4.99 Å². The number of ether oxygens (including phenoxy) is 1. The highest BCUT2D eigenvalue weighted by Crippen LogP contribution is 2.20. The third-order valence-electron chi connectivity index (χ3n) is 4.32. The van der Waals surface area contributed by atoms with Crippen LogP contribution in [-0.4, -0.2) is 78.7 Å². The van der Waals surface area contributed by atoms with Crippen LogP contribution in [0.5, 0.6) is 0 Å². The van der Waals surface area contributed by atoms with E-state index in [0.29, 0.717) is 12.5 Å². The van der Waals surface area contributed by atoms with Crippen molar-refractivity contribution in [3.05, 3.63) is 0 Å². The van der Waals surface area contributed by atoms with Gasteiger partial charge in [-0.15, -0.1) is 24.0 Å². The van der Waals surface area contributed by atoms with E-state index >= 15 is 0 Å². The molecular formula is C19H39IN4O2S. The number of amides is 1. The van der Waals surface area contributed by atoms with Gasteiger partial charge in [-0.2, -0.15) is 11.8 Å². The monoisotopic (exact) mass is 514 g/mol. The average Bonchev–Trinajstić information content (AvgIpc) is 2.58. The molecule has 0 atom stereocenters. The summed E-state index contributed by atoms with van der Waals surface area (Å²) in [5.74, 6) is 2.60. The van der Waals surface area contributed by atoms with Crippen molar-refractivity contribution in [2.45, 2.75) is 53.1 Å². The van der Waals surface area contributed by atoms with E-state index in [1.807, 2.05) is 44.4 Å². The molecule has 0 radical (unpaired) electrons. The van der Waals surface area contributed by atoms with Crippen LogP contribution in [0.3, 0.4) is 0 Å². The molecule has 0 bridgehead atoms. The molecule has 1 heterocycles. The van der Waals surface area contributed by atoms with Crippen LogP contribution >= 0.6 is 35.7 Å². The predicted octanol–water partition coefficient (Wildman–Crippen LogP) is 3.90. The zero-order valence-electron chi connectivity index (χ0n) is 17.9. The van der Waals surface area contributed by atoms with E-state index < -0.39 is 5.60 Å². The van der Waals surface area contributed by atoms with Gasteiger partial charge in [0.25, 0.3) is 0 Å². The normalized spacial score (nSPS) is 15.9. The number of thioether (sulfide) groups is 1. The lowest BCUT2D eigenvalue weighted by molar-refractivity contribution is 0.0214. The van der Waals surface area contributed by atoms with Crippen LogP contribution in [0, 0.1) is 5.92 Å². The van der Waals surface area contributed by atoms with Crippen molar-refractivity contribution in [1.29, 1.82) is 0 Å². The zero-order chi connectivity index (χ0) is 19.6. The summed E-state index contributed by atoms with van der Waals surface area (Å²) < 4.78 is 5.52. The number of carbonyl (C=O) groups excluding carboxylic acids is 1. The number of piperidine rings is 1. The van der Waals surface area contributed by atoms with Crippen LogP contribution in [0.4, 0.5) is 4.79 Å². The van der Waals surface area contributed by atoms with Gasteiger partial charge in [-0.1, -0.05) is 0 Å². The Morgan fingerprint density at radius 3 is 2.41 bits per heavy atom. The summed E-state index contributed by atoms with van der Waals surface area (Å²) in [5, 5.41) is 3.40. The lowest BCUT2D eigenvalue weighted by Gasteiger charge is -2.36. The summed E-state index contributed by atoms with van der Waals surface area (Å²) in [6.07, 6.45) is 4.06. The summed E-state index contributed by atoms with van der Waals surface area (Å²) in [5.41, 5.74) is -0.443. The number of hydrogen-bond donors (Lipinski definition) is 1. The van der Waals surface area contributed by atoms with Crippen molar-refractivity contribution in [2.75, 3.05) is 51.3 Å². The maximum Gasteiger partial charge on any atom is 0.410 e. The summed E-state index contributed by atoms with van der Waals surface area (Å²) >= 11 is 1.82. The first-order chi connectivity index (χ1) is 12.3. The molecule has 0 aromatic carbocycles. The standard InChI is InChI=1S/C19H38N4O2S.HI/c1-7-20-17(21-11-14-26-6)23-12-9-16(10-13-23)15-22(8-2)18(24)25-19(3,4)5;/h16H,7-15H2,1-6H3,(H,20,21);1H. The van der Waals surface area contributed by atoms with Crippen LogP contribution < -0.4 is 5.32 Å². The highest BCUT2D eigenvalue weighted by Gasteiger charge is 2.27. The number of carbonyl (C=O) groups is 1. The number of guanidine groups is 1. The minimum absolute atomic E-state index is 0. The van der Waals surface area contributed by atoms with Crippen molar-refractivity contribution >= 4 is 47.8 Å². The van der Waals surface area contributed by atoms with Gasteiger partial charge in [-0.05, 0) is 59.6 Å². The lowest BCUT2D eigenvalue weighted by atomic mass is 9.96. The largest absolute Gasteiger partial charge is 0.444 e. The van der Waals surface area contributed by atoms with Gasteiger partial charge in [-0.25, -0.2) is 4.79 Å². The molecule has 1 N–H and O–H groups in total. The van der Waals surface area contributed by atoms with Gasteiger partial charge in [0.2, 0.25) is 0 Å². The van der Waals surface area contributed by atoms with Gasteiger partial charge >= 0.3 is 6.09 Å². The lowest BCUT2D eigenvalue weighted by Crippen LogP contribution is -2.48. The molecule has 1 aliphatic heterocycles. The van der Waals surface area contributed by atoms with E-state index in [1.165, 1.54) is 0 Å². The number of nitrogens with one attached hydrogen (secondary N) is 1. The Morgan fingerprint density at radius 1 is 1.30 bits per heavy atom. The third-order valence-corrected chi connectivity index (χ3v) is 4.91. The smallest absolute Gasteiger partial charge is 0.410 e. The van der Waals surface area contributed by atoms with Crippen LogP contribution in [0.25, 0.3) is 0 Å². The molecule has 1 aliphatic rings. The molecule has 0 aliphatic carbocycles. The Bertz CT molecular complexity index is 449. The maximum absolute atomic E-state index is 12.3. The molecule has 0 aromatic rings. The quantitative estimate of drug-likeness (QED) is 0.242. The first-order valence-corrected chi connectivity index (χ1v) is 11.2. The Kier molecular flexibility index (Phi) is 13.5. The van der Waals surface area contributed by atoms with E-state index in [0.717, 1.165) is 57.3 Å². The Hall–Kier alpha value is -0.380. The van der Waals surface area contributed by atoms with Crippen LogP contribution in [0.1, 0.15) is 47.5 Å². The van der Waals surface area contributed by atoms with E-state index in [-0.39, 0.29) is 30.1 Å². The molecule has 0 unspecified atom stereocenters. The maximum atomic E-state index is 12.3. The third kappa shape index (κ3) is 10.7. The van der Waals surface area contributed by atoms with Crippen molar-refractivity contribution < 1.29 is 9.53 Å². The highest BCUT2D eigenvalue weighted by molar-refractivity contribution is 14.0. The van der Waals surface area contributed by atoms with Crippen LogP contribution in [-0.2, 0) is 4.74 Å². The molecule has 160 valence electrons. The van der Waals surface area contributed by atoms with Crippen molar-refractivity contribution in [3.63, 3.8) is 0 Å². The molecule has 1 saturated heterocycles. The minimum Gasteiger partial charge on any atom is -0.444 e. The first kappa shape index (κ1) is 26.6. The summed E-state index contributed by atoms with van der Waals surface area (Å²) in [7, 11) is 0. The molecule has 0 saturated carbocycles. The van der Waals surface area contributed by atoms with E-state index in [2.05, 4.69) is 23.4 Å². The van der Waals surface area contributed by atoms with Crippen molar-refractivity contribution in [3.8, 4) is 0 Å². The Labute approximate surface area is 187 Å². The fourth-order valence-electron chi connectivity index (χ4n) is 2.97. The van der Waals surface area contributed by atoms with E-state index in [1.54, 1.807) is 0 Å². The second-order valence-corrected chi connectivity index (χ2v) is 8.66. The molecule has 1 amide bonds. The molecule has 0 aromatic heterocycles. The van der Waals surface area contributed by atoms with Gasteiger partial charge in [0.15, 0.2) is 5.96 Å². The average molecular weight is 515 g/mol. The molecule has 1 rings (SSSR count). The number of hydrogen-bond acceptors (Lipinski definition) is 4.